The molecule has 2 aliphatic rings. The highest BCUT2D eigenvalue weighted by molar-refractivity contribution is 7.50. The summed E-state index contributed by atoms with van der Waals surface area (Å²) < 4.78 is 27.4. The number of hydrogen-bond acceptors (Lipinski definition) is 5. The Morgan fingerprint density at radius 1 is 1.11 bits per heavy atom. The summed E-state index contributed by atoms with van der Waals surface area (Å²) in [5.74, 6) is 1.38. The Morgan fingerprint density at radius 2 is 1.78 bits per heavy atom. The van der Waals surface area contributed by atoms with Crippen molar-refractivity contribution >= 4 is 13.5 Å². The topological polar surface area (TPSA) is 48.0 Å². The number of nitrogens with zero attached hydrogens (tertiary/aromatic N) is 1. The van der Waals surface area contributed by atoms with Gasteiger partial charge in [-0.2, -0.15) is 4.57 Å². The molecule has 1 atom stereocenters. The first-order valence-corrected chi connectivity index (χ1v) is 6.95. The van der Waals surface area contributed by atoms with Gasteiger partial charge in [0.15, 0.2) is 5.75 Å². The Balaban J connectivity index is 2.05. The van der Waals surface area contributed by atoms with Gasteiger partial charge in [0.05, 0.1) is 5.69 Å². The van der Waals surface area contributed by atoms with E-state index < -0.39 is 7.82 Å². The molecule has 0 saturated carbocycles. The van der Waals surface area contributed by atoms with E-state index >= 15 is 0 Å². The van der Waals surface area contributed by atoms with Gasteiger partial charge in [-0.3, -0.25) is 0 Å². The van der Waals surface area contributed by atoms with Crippen molar-refractivity contribution in [1.82, 2.24) is 0 Å². The molecule has 0 saturated heterocycles. The molecule has 2 heterocycles. The number of benzene rings is 1. The molecule has 2 bridgehead atoms. The number of hydrogen-bond donors (Lipinski definition) is 0. The smallest absolute Gasteiger partial charge is 0.382 e. The summed E-state index contributed by atoms with van der Waals surface area (Å²) in [7, 11) is -3.43. The molecule has 0 fully saturated rings. The van der Waals surface area contributed by atoms with E-state index in [1.54, 1.807) is 18.2 Å². The number of phosphoric acid groups is 1. The van der Waals surface area contributed by atoms with Crippen molar-refractivity contribution in [3.8, 4) is 17.2 Å². The van der Waals surface area contributed by atoms with Crippen molar-refractivity contribution in [3.05, 3.63) is 37.4 Å². The zero-order valence-electron chi connectivity index (χ0n) is 9.67. The van der Waals surface area contributed by atoms with E-state index in [0.29, 0.717) is 30.3 Å². The molecular formula is C12H12NO4P. The third-order valence-corrected chi connectivity index (χ3v) is 3.94. The van der Waals surface area contributed by atoms with Gasteiger partial charge in [0, 0.05) is 13.1 Å². The van der Waals surface area contributed by atoms with Crippen molar-refractivity contribution in [2.24, 2.45) is 0 Å². The van der Waals surface area contributed by atoms with Gasteiger partial charge in [-0.15, -0.1) is 13.2 Å². The third-order valence-electron chi connectivity index (χ3n) is 2.71. The fraction of sp³-hybridized carbons (Fsp3) is 0.167. The molecule has 0 radical (unpaired) electrons. The summed E-state index contributed by atoms with van der Waals surface area (Å²) in [6, 6.07) is 3.58. The van der Waals surface area contributed by atoms with Gasteiger partial charge < -0.3 is 18.5 Å². The Morgan fingerprint density at radius 3 is 2.39 bits per heavy atom. The van der Waals surface area contributed by atoms with Gasteiger partial charge in [0.2, 0.25) is 11.5 Å². The highest BCUT2D eigenvalue weighted by Gasteiger charge is 2.51. The van der Waals surface area contributed by atoms with E-state index in [2.05, 4.69) is 13.2 Å². The second-order valence-electron chi connectivity index (χ2n) is 3.94. The van der Waals surface area contributed by atoms with Crippen LogP contribution in [0.3, 0.4) is 0 Å². The Bertz CT molecular complexity index is 574. The van der Waals surface area contributed by atoms with Crippen LogP contribution in [0, 0.1) is 0 Å². The molecule has 1 aromatic rings. The van der Waals surface area contributed by atoms with Crippen LogP contribution in [0.15, 0.2) is 37.4 Å². The zero-order chi connectivity index (χ0) is 12.8. The molecule has 5 nitrogen and oxygen atoms in total. The normalized spacial score (nSPS) is 21.8. The van der Waals surface area contributed by atoms with Gasteiger partial charge >= 0.3 is 7.82 Å². The van der Waals surface area contributed by atoms with Gasteiger partial charge in [-0.1, -0.05) is 12.2 Å². The molecular weight excluding hydrogens is 253 g/mol. The fourth-order valence-electron chi connectivity index (χ4n) is 2.01. The highest BCUT2D eigenvalue weighted by atomic mass is 31.2. The summed E-state index contributed by atoms with van der Waals surface area (Å²) in [5, 5.41) is 0. The second-order valence-corrected chi connectivity index (χ2v) is 5.39. The number of phosphoric ester groups is 1. The maximum absolute atomic E-state index is 11.9. The zero-order valence-corrected chi connectivity index (χ0v) is 10.6. The minimum atomic E-state index is -3.43. The third kappa shape index (κ3) is 1.51. The van der Waals surface area contributed by atoms with E-state index in [1.807, 2.05) is 11.0 Å². The quantitative estimate of drug-likeness (QED) is 0.604. The van der Waals surface area contributed by atoms with E-state index in [9.17, 15) is 4.57 Å². The first-order valence-electron chi connectivity index (χ1n) is 5.49. The van der Waals surface area contributed by atoms with Crippen LogP contribution < -0.4 is 18.5 Å². The summed E-state index contributed by atoms with van der Waals surface area (Å²) in [5.41, 5.74) is 0.801. The molecule has 0 aromatic heterocycles. The minimum absolute atomic E-state index is 0.425. The average molecular weight is 265 g/mol. The molecule has 1 unspecified atom stereocenters. The molecule has 1 aromatic carbocycles. The molecule has 18 heavy (non-hydrogen) atoms. The summed E-state index contributed by atoms with van der Waals surface area (Å²) in [6.07, 6.45) is 3.56. The van der Waals surface area contributed by atoms with E-state index in [1.165, 1.54) is 0 Å². The molecule has 94 valence electrons. The molecule has 0 N–H and O–H groups in total. The molecule has 6 heteroatoms. The summed E-state index contributed by atoms with van der Waals surface area (Å²) >= 11 is 0. The van der Waals surface area contributed by atoms with Crippen LogP contribution in [-0.2, 0) is 4.57 Å². The molecule has 0 amide bonds. The summed E-state index contributed by atoms with van der Waals surface area (Å²) in [4.78, 5) is 1.99. The number of anilines is 1. The van der Waals surface area contributed by atoms with Crippen molar-refractivity contribution in [2.75, 3.05) is 18.0 Å². The van der Waals surface area contributed by atoms with Crippen LogP contribution in [0.1, 0.15) is 0 Å². The van der Waals surface area contributed by atoms with Gasteiger partial charge in [-0.05, 0) is 12.1 Å². The average Bonchev–Trinajstić information content (AvgIpc) is 2.82. The lowest BCUT2D eigenvalue weighted by molar-refractivity contribution is 0.354. The lowest BCUT2D eigenvalue weighted by Gasteiger charge is -2.24. The lowest BCUT2D eigenvalue weighted by Crippen LogP contribution is -2.23. The van der Waals surface area contributed by atoms with Gasteiger partial charge in [-0.25, -0.2) is 0 Å². The van der Waals surface area contributed by atoms with Crippen LogP contribution in [0.2, 0.25) is 0 Å². The van der Waals surface area contributed by atoms with Crippen molar-refractivity contribution < 1.29 is 18.1 Å². The molecule has 2 aliphatic heterocycles. The maximum Gasteiger partial charge on any atom is 0.647 e. The maximum atomic E-state index is 11.9. The van der Waals surface area contributed by atoms with Crippen molar-refractivity contribution in [2.45, 2.75) is 0 Å². The molecule has 0 spiro atoms. The van der Waals surface area contributed by atoms with Gasteiger partial charge in [0.1, 0.15) is 0 Å². The Kier molecular flexibility index (Phi) is 2.38. The van der Waals surface area contributed by atoms with Crippen LogP contribution in [0.5, 0.6) is 17.2 Å². The molecule has 3 rings (SSSR count). The summed E-state index contributed by atoms with van der Waals surface area (Å²) in [6.45, 7) is 8.69. The predicted molar refractivity (Wildman–Crippen MR) is 68.5 cm³/mol. The monoisotopic (exact) mass is 265 g/mol. The van der Waals surface area contributed by atoms with Crippen LogP contribution >= 0.6 is 7.82 Å². The first kappa shape index (κ1) is 11.2. The highest BCUT2D eigenvalue weighted by Crippen LogP contribution is 2.70. The predicted octanol–water partition coefficient (Wildman–Crippen LogP) is 3.14. The Labute approximate surface area is 105 Å². The first-order chi connectivity index (χ1) is 8.67. The lowest BCUT2D eigenvalue weighted by atomic mass is 10.2. The second kappa shape index (κ2) is 3.82. The standard InChI is InChI=1S/C12H12NO4P/c1-3-7-13(8-4-2)9-5-6-10-12-11(9)16-18(14,15-10)17-12/h3-6H,1-2,7-8H2. The Hall–Kier alpha value is -1.87. The number of rotatable bonds is 5. The SMILES string of the molecule is C=CCN(CC=C)c1ccc2c3c1OP(=O)(O2)O3. The van der Waals surface area contributed by atoms with E-state index in [0.717, 1.165) is 5.69 Å². The number of fused-ring (bicyclic) bond motifs is 1. The largest absolute Gasteiger partial charge is 0.647 e. The van der Waals surface area contributed by atoms with Gasteiger partial charge in [0.25, 0.3) is 0 Å². The van der Waals surface area contributed by atoms with E-state index in [4.69, 9.17) is 13.6 Å². The molecule has 0 aliphatic carbocycles. The van der Waals surface area contributed by atoms with E-state index in [-0.39, 0.29) is 0 Å². The van der Waals surface area contributed by atoms with Crippen LogP contribution in [0.25, 0.3) is 0 Å². The van der Waals surface area contributed by atoms with Crippen molar-refractivity contribution in [3.63, 3.8) is 0 Å². The van der Waals surface area contributed by atoms with Crippen molar-refractivity contribution in [1.29, 1.82) is 0 Å². The van der Waals surface area contributed by atoms with Crippen LogP contribution in [-0.4, -0.2) is 13.1 Å². The van der Waals surface area contributed by atoms with Crippen LogP contribution in [0.4, 0.5) is 5.69 Å². The fourth-order valence-corrected chi connectivity index (χ4v) is 3.31. The minimum Gasteiger partial charge on any atom is -0.382 e.